The summed E-state index contributed by atoms with van der Waals surface area (Å²) in [5.74, 6) is -0.187. The van der Waals surface area contributed by atoms with Crippen LogP contribution < -0.4 is 5.32 Å². The number of urea groups is 1. The van der Waals surface area contributed by atoms with Crippen molar-refractivity contribution in [1.29, 1.82) is 0 Å². The van der Waals surface area contributed by atoms with E-state index >= 15 is 0 Å². The molecule has 2 amide bonds. The van der Waals surface area contributed by atoms with E-state index in [1.807, 2.05) is 0 Å². The van der Waals surface area contributed by atoms with Gasteiger partial charge in [-0.15, -0.1) is 0 Å². The smallest absolute Gasteiger partial charge is 0.317 e. The van der Waals surface area contributed by atoms with E-state index in [-0.39, 0.29) is 6.03 Å². The molecular weight excluding hydrogens is 270 g/mol. The predicted molar refractivity (Wildman–Crippen MR) is 80.2 cm³/mol. The third kappa shape index (κ3) is 4.09. The van der Waals surface area contributed by atoms with Crippen molar-refractivity contribution in [2.45, 2.75) is 32.6 Å². The van der Waals surface area contributed by atoms with Crippen LogP contribution >= 0.6 is 0 Å². The number of likely N-dealkylation sites (tertiary alicyclic amines) is 2. The Balaban J connectivity index is 1.71. The second kappa shape index (κ2) is 6.64. The first-order valence-electron chi connectivity index (χ1n) is 7.85. The van der Waals surface area contributed by atoms with Gasteiger partial charge in [-0.2, -0.15) is 0 Å². The summed E-state index contributed by atoms with van der Waals surface area (Å²) in [4.78, 5) is 27.4. The average Bonchev–Trinajstić information content (AvgIpc) is 2.47. The third-order valence-corrected chi connectivity index (χ3v) is 5.05. The maximum absolute atomic E-state index is 12.1. The van der Waals surface area contributed by atoms with Crippen LogP contribution in [0, 0.1) is 11.3 Å². The van der Waals surface area contributed by atoms with Crippen molar-refractivity contribution in [3.05, 3.63) is 0 Å². The molecule has 21 heavy (non-hydrogen) atoms. The molecule has 0 unspecified atom stereocenters. The normalized spacial score (nSPS) is 23.8. The molecule has 6 nitrogen and oxygen atoms in total. The number of hydrogen-bond acceptors (Lipinski definition) is 3. The number of nitrogens with one attached hydrogen (secondary N) is 1. The molecule has 2 N–H and O–H groups in total. The van der Waals surface area contributed by atoms with Gasteiger partial charge >= 0.3 is 12.0 Å². The number of carbonyl (C=O) groups is 2. The van der Waals surface area contributed by atoms with Gasteiger partial charge in [-0.05, 0) is 58.7 Å². The van der Waals surface area contributed by atoms with E-state index in [1.165, 1.54) is 0 Å². The molecule has 2 heterocycles. The molecule has 0 saturated carbocycles. The summed E-state index contributed by atoms with van der Waals surface area (Å²) in [6.45, 7) is 5.76. The average molecular weight is 297 g/mol. The first-order valence-corrected chi connectivity index (χ1v) is 7.85. The van der Waals surface area contributed by atoms with Gasteiger partial charge in [0.2, 0.25) is 0 Å². The fourth-order valence-corrected chi connectivity index (χ4v) is 3.03. The van der Waals surface area contributed by atoms with Gasteiger partial charge < -0.3 is 20.2 Å². The van der Waals surface area contributed by atoms with Gasteiger partial charge in [-0.1, -0.05) is 0 Å². The molecule has 0 aromatic heterocycles. The molecule has 0 aromatic carbocycles. The fraction of sp³-hybridized carbons (Fsp3) is 0.867. The van der Waals surface area contributed by atoms with Crippen LogP contribution in [0.1, 0.15) is 32.6 Å². The van der Waals surface area contributed by atoms with E-state index in [4.69, 9.17) is 0 Å². The highest BCUT2D eigenvalue weighted by Crippen LogP contribution is 2.31. The van der Waals surface area contributed by atoms with Gasteiger partial charge in [-0.25, -0.2) is 4.79 Å². The second-order valence-electron chi connectivity index (χ2n) is 6.79. The zero-order valence-corrected chi connectivity index (χ0v) is 13.1. The third-order valence-electron chi connectivity index (χ3n) is 5.05. The predicted octanol–water partition coefficient (Wildman–Crippen LogP) is 1.22. The molecule has 2 saturated heterocycles. The highest BCUT2D eigenvalue weighted by Gasteiger charge is 2.38. The summed E-state index contributed by atoms with van der Waals surface area (Å²) < 4.78 is 0. The molecular formula is C15H27N3O3. The van der Waals surface area contributed by atoms with Crippen LogP contribution in [-0.4, -0.2) is 66.7 Å². The minimum absolute atomic E-state index is 0.0404. The molecule has 120 valence electrons. The lowest BCUT2D eigenvalue weighted by atomic mass is 9.80. The lowest BCUT2D eigenvalue weighted by Gasteiger charge is -2.37. The number of carbonyl (C=O) groups excluding carboxylic acids is 1. The molecule has 0 spiro atoms. The highest BCUT2D eigenvalue weighted by atomic mass is 16.4. The van der Waals surface area contributed by atoms with Gasteiger partial charge in [-0.3, -0.25) is 4.79 Å². The molecule has 2 rings (SSSR count). The largest absolute Gasteiger partial charge is 0.481 e. The Hall–Kier alpha value is -1.30. The van der Waals surface area contributed by atoms with Crippen molar-refractivity contribution in [2.24, 2.45) is 11.3 Å². The molecule has 6 heteroatoms. The zero-order chi connectivity index (χ0) is 15.5. The highest BCUT2D eigenvalue weighted by molar-refractivity contribution is 5.76. The SMILES string of the molecule is CN1CCC(CNC(=O)N2CCC(C)(C(=O)O)CC2)CC1. The summed E-state index contributed by atoms with van der Waals surface area (Å²) in [7, 11) is 2.13. The number of nitrogens with zero attached hydrogens (tertiary/aromatic N) is 2. The maximum Gasteiger partial charge on any atom is 0.317 e. The maximum atomic E-state index is 12.1. The molecule has 0 atom stereocenters. The Bertz CT molecular complexity index is 384. The van der Waals surface area contributed by atoms with Crippen molar-refractivity contribution in [1.82, 2.24) is 15.1 Å². The number of carboxylic acids is 1. The van der Waals surface area contributed by atoms with E-state index in [0.29, 0.717) is 31.8 Å². The van der Waals surface area contributed by atoms with Crippen molar-refractivity contribution >= 4 is 12.0 Å². The van der Waals surface area contributed by atoms with Crippen LogP contribution in [-0.2, 0) is 4.79 Å². The Morgan fingerprint density at radius 2 is 1.76 bits per heavy atom. The van der Waals surface area contributed by atoms with Crippen LogP contribution in [0.2, 0.25) is 0 Å². The van der Waals surface area contributed by atoms with Crippen molar-refractivity contribution in [3.63, 3.8) is 0 Å². The standard InChI is InChI=1S/C15H27N3O3/c1-15(13(19)20)5-9-18(10-6-15)14(21)16-11-12-3-7-17(2)8-4-12/h12H,3-11H2,1-2H3,(H,16,21)(H,19,20). The fourth-order valence-electron chi connectivity index (χ4n) is 3.03. The van der Waals surface area contributed by atoms with Gasteiger partial charge in [0, 0.05) is 19.6 Å². The molecule has 0 aliphatic carbocycles. The van der Waals surface area contributed by atoms with E-state index in [1.54, 1.807) is 11.8 Å². The molecule has 2 aliphatic heterocycles. The molecule has 2 aliphatic rings. The second-order valence-corrected chi connectivity index (χ2v) is 6.79. The van der Waals surface area contributed by atoms with Crippen molar-refractivity contribution < 1.29 is 14.7 Å². The topological polar surface area (TPSA) is 72.9 Å². The van der Waals surface area contributed by atoms with Gasteiger partial charge in [0.25, 0.3) is 0 Å². The molecule has 2 fully saturated rings. The van der Waals surface area contributed by atoms with E-state index in [2.05, 4.69) is 17.3 Å². The van der Waals surface area contributed by atoms with Crippen LogP contribution in [0.15, 0.2) is 0 Å². The van der Waals surface area contributed by atoms with Crippen LogP contribution in [0.4, 0.5) is 4.79 Å². The monoisotopic (exact) mass is 297 g/mol. The molecule has 0 aromatic rings. The number of piperidine rings is 2. The van der Waals surface area contributed by atoms with E-state index in [9.17, 15) is 14.7 Å². The lowest BCUT2D eigenvalue weighted by Crippen LogP contribution is -2.49. The van der Waals surface area contributed by atoms with Gasteiger partial charge in [0.15, 0.2) is 0 Å². The molecule has 0 bridgehead atoms. The van der Waals surface area contributed by atoms with Gasteiger partial charge in [0.1, 0.15) is 0 Å². The Morgan fingerprint density at radius 3 is 2.29 bits per heavy atom. The summed E-state index contributed by atoms with van der Waals surface area (Å²) in [5, 5.41) is 12.2. The summed E-state index contributed by atoms with van der Waals surface area (Å²) in [5.41, 5.74) is -0.676. The first kappa shape index (κ1) is 16.1. The van der Waals surface area contributed by atoms with E-state index < -0.39 is 11.4 Å². The Morgan fingerprint density at radius 1 is 1.19 bits per heavy atom. The Kier molecular flexibility index (Phi) is 5.08. The first-order chi connectivity index (χ1) is 9.90. The van der Waals surface area contributed by atoms with Crippen molar-refractivity contribution in [2.75, 3.05) is 39.8 Å². The number of aliphatic carboxylic acids is 1. The Labute approximate surface area is 126 Å². The summed E-state index contributed by atoms with van der Waals surface area (Å²) in [6, 6.07) is -0.0404. The quantitative estimate of drug-likeness (QED) is 0.821. The number of carboxylic acid groups (broad SMARTS) is 1. The van der Waals surface area contributed by atoms with Gasteiger partial charge in [0.05, 0.1) is 5.41 Å². The number of hydrogen-bond donors (Lipinski definition) is 2. The number of rotatable bonds is 3. The minimum atomic E-state index is -0.756. The number of amides is 2. The minimum Gasteiger partial charge on any atom is -0.481 e. The van der Waals surface area contributed by atoms with Crippen LogP contribution in [0.3, 0.4) is 0 Å². The van der Waals surface area contributed by atoms with Crippen LogP contribution in [0.5, 0.6) is 0 Å². The summed E-state index contributed by atoms with van der Waals surface area (Å²) >= 11 is 0. The van der Waals surface area contributed by atoms with Crippen molar-refractivity contribution in [3.8, 4) is 0 Å². The summed E-state index contributed by atoms with van der Waals surface area (Å²) in [6.07, 6.45) is 3.33. The van der Waals surface area contributed by atoms with E-state index in [0.717, 1.165) is 32.5 Å². The zero-order valence-electron chi connectivity index (χ0n) is 13.1. The van der Waals surface area contributed by atoms with Crippen LogP contribution in [0.25, 0.3) is 0 Å². The molecule has 0 radical (unpaired) electrons. The lowest BCUT2D eigenvalue weighted by molar-refractivity contribution is -0.150.